The highest BCUT2D eigenvalue weighted by atomic mass is 32.2. The first-order valence-corrected chi connectivity index (χ1v) is 11.2. The van der Waals surface area contributed by atoms with Gasteiger partial charge in [0.25, 0.3) is 0 Å². The zero-order chi connectivity index (χ0) is 22.3. The third kappa shape index (κ3) is 5.56. The van der Waals surface area contributed by atoms with Crippen molar-refractivity contribution in [3.63, 3.8) is 0 Å². The molecular formula is C25H24N4O2S. The highest BCUT2D eigenvalue weighted by Gasteiger charge is 2.24. The van der Waals surface area contributed by atoms with E-state index in [0.29, 0.717) is 11.0 Å². The zero-order valence-electron chi connectivity index (χ0n) is 17.9. The third-order valence-electron chi connectivity index (χ3n) is 4.85. The van der Waals surface area contributed by atoms with Crippen LogP contribution >= 0.6 is 11.8 Å². The van der Waals surface area contributed by atoms with E-state index in [9.17, 15) is 4.79 Å². The summed E-state index contributed by atoms with van der Waals surface area (Å²) in [7, 11) is 0. The van der Waals surface area contributed by atoms with Gasteiger partial charge in [-0.25, -0.2) is 4.98 Å². The minimum atomic E-state index is -0.501. The molecule has 32 heavy (non-hydrogen) atoms. The minimum Gasteiger partial charge on any atom is -0.485 e. The van der Waals surface area contributed by atoms with E-state index in [-0.39, 0.29) is 12.5 Å². The van der Waals surface area contributed by atoms with Crippen molar-refractivity contribution in [1.29, 1.82) is 0 Å². The summed E-state index contributed by atoms with van der Waals surface area (Å²) in [6, 6.07) is 25.2. The number of benzene rings is 3. The summed E-state index contributed by atoms with van der Waals surface area (Å²) in [5.74, 6) is 1.27. The minimum absolute atomic E-state index is 0.132. The van der Waals surface area contributed by atoms with Gasteiger partial charge < -0.3 is 10.1 Å². The molecule has 0 fully saturated rings. The van der Waals surface area contributed by atoms with E-state index in [1.54, 1.807) is 0 Å². The number of H-pyrrole nitrogens is 1. The van der Waals surface area contributed by atoms with Gasteiger partial charge in [0.05, 0.1) is 0 Å². The summed E-state index contributed by atoms with van der Waals surface area (Å²) in [5, 5.41) is 10.2. The third-order valence-corrected chi connectivity index (χ3v) is 5.97. The number of amides is 1. The monoisotopic (exact) mass is 444 g/mol. The Kier molecular flexibility index (Phi) is 6.87. The maximum Gasteiger partial charge on any atom is 0.242 e. The van der Waals surface area contributed by atoms with Crippen LogP contribution in [0.25, 0.3) is 0 Å². The molecule has 0 aliphatic heterocycles. The average molecular weight is 445 g/mol. The Morgan fingerprint density at radius 1 is 1.00 bits per heavy atom. The van der Waals surface area contributed by atoms with Crippen LogP contribution in [0.3, 0.4) is 0 Å². The lowest BCUT2D eigenvalue weighted by atomic mass is 10.1. The van der Waals surface area contributed by atoms with Crippen molar-refractivity contribution in [1.82, 2.24) is 15.2 Å². The molecule has 4 aromatic rings. The van der Waals surface area contributed by atoms with Crippen LogP contribution in [0.2, 0.25) is 0 Å². The number of hydrogen-bond acceptors (Lipinski definition) is 5. The molecule has 1 atom stereocenters. The number of ether oxygens (including phenoxy) is 1. The normalized spacial score (nSPS) is 11.7. The predicted octanol–water partition coefficient (Wildman–Crippen LogP) is 5.47. The molecule has 0 aliphatic rings. The van der Waals surface area contributed by atoms with E-state index in [4.69, 9.17) is 4.74 Å². The van der Waals surface area contributed by atoms with Crippen molar-refractivity contribution in [3.8, 4) is 5.75 Å². The van der Waals surface area contributed by atoms with Crippen molar-refractivity contribution in [3.05, 3.63) is 101 Å². The maximum absolute atomic E-state index is 13.1. The summed E-state index contributed by atoms with van der Waals surface area (Å²) in [4.78, 5) is 17.6. The summed E-state index contributed by atoms with van der Waals surface area (Å²) in [6.07, 6.45) is 0. The van der Waals surface area contributed by atoms with Gasteiger partial charge in [0.15, 0.2) is 5.82 Å². The first-order chi connectivity index (χ1) is 15.6. The SMILES string of the molecule is Cc1ccc(NC(=O)[C@@H](Sc2n[nH]c(COc3ccccc3C)n2)c2ccccc2)cc1. The number of thioether (sulfide) groups is 1. The van der Waals surface area contributed by atoms with Crippen LogP contribution in [0.4, 0.5) is 5.69 Å². The Morgan fingerprint density at radius 2 is 1.72 bits per heavy atom. The second-order valence-electron chi connectivity index (χ2n) is 7.38. The molecule has 0 spiro atoms. The van der Waals surface area contributed by atoms with Gasteiger partial charge in [-0.1, -0.05) is 78.0 Å². The van der Waals surface area contributed by atoms with Crippen molar-refractivity contribution in [2.45, 2.75) is 30.9 Å². The van der Waals surface area contributed by atoms with Gasteiger partial charge in [0, 0.05) is 5.69 Å². The molecule has 1 aromatic heterocycles. The number of aromatic nitrogens is 3. The molecule has 7 heteroatoms. The number of hydrogen-bond donors (Lipinski definition) is 2. The highest BCUT2D eigenvalue weighted by molar-refractivity contribution is 8.00. The van der Waals surface area contributed by atoms with Gasteiger partial charge in [-0.3, -0.25) is 9.89 Å². The molecule has 162 valence electrons. The van der Waals surface area contributed by atoms with Crippen molar-refractivity contribution >= 4 is 23.4 Å². The average Bonchev–Trinajstić information content (AvgIpc) is 3.26. The van der Waals surface area contributed by atoms with Gasteiger partial charge in [-0.15, -0.1) is 5.10 Å². The fraction of sp³-hybridized carbons (Fsp3) is 0.160. The van der Waals surface area contributed by atoms with Crippen molar-refractivity contribution in [2.75, 3.05) is 5.32 Å². The van der Waals surface area contributed by atoms with Gasteiger partial charge in [0.2, 0.25) is 11.1 Å². The Bertz CT molecular complexity index is 1180. The van der Waals surface area contributed by atoms with Crippen molar-refractivity contribution in [2.24, 2.45) is 0 Å². The number of nitrogens with one attached hydrogen (secondary N) is 2. The van der Waals surface area contributed by atoms with Crippen LogP contribution in [0.15, 0.2) is 84.0 Å². The quantitative estimate of drug-likeness (QED) is 0.352. The van der Waals surface area contributed by atoms with E-state index in [0.717, 1.165) is 28.1 Å². The number of rotatable bonds is 8. The van der Waals surface area contributed by atoms with E-state index >= 15 is 0 Å². The van der Waals surface area contributed by atoms with Gasteiger partial charge >= 0.3 is 0 Å². The number of aryl methyl sites for hydroxylation is 2. The Labute approximate surface area is 191 Å². The van der Waals surface area contributed by atoms with Crippen LogP contribution in [0, 0.1) is 13.8 Å². The summed E-state index contributed by atoms with van der Waals surface area (Å²) >= 11 is 1.30. The number of carbonyl (C=O) groups excluding carboxylic acids is 1. The summed E-state index contributed by atoms with van der Waals surface area (Å²) in [5.41, 5.74) is 3.82. The lowest BCUT2D eigenvalue weighted by Gasteiger charge is -2.15. The summed E-state index contributed by atoms with van der Waals surface area (Å²) in [6.45, 7) is 4.27. The maximum atomic E-state index is 13.1. The number of carbonyl (C=O) groups is 1. The van der Waals surface area contributed by atoms with Crippen LogP contribution in [0.5, 0.6) is 5.75 Å². The Balaban J connectivity index is 1.47. The van der Waals surface area contributed by atoms with Crippen LogP contribution in [0.1, 0.15) is 27.8 Å². The van der Waals surface area contributed by atoms with E-state index in [1.165, 1.54) is 11.8 Å². The molecule has 4 rings (SSSR count). The van der Waals surface area contributed by atoms with Gasteiger partial charge in [-0.2, -0.15) is 0 Å². The second kappa shape index (κ2) is 10.2. The standard InChI is InChI=1S/C25H24N4O2S/c1-17-12-14-20(15-13-17)26-24(30)23(19-9-4-3-5-10-19)32-25-27-22(28-29-25)16-31-21-11-7-6-8-18(21)2/h3-15,23H,16H2,1-2H3,(H,26,30)(H,27,28,29)/t23-/m0/s1. The molecule has 3 aromatic carbocycles. The summed E-state index contributed by atoms with van der Waals surface area (Å²) < 4.78 is 5.84. The zero-order valence-corrected chi connectivity index (χ0v) is 18.7. The largest absolute Gasteiger partial charge is 0.485 e. The van der Waals surface area contributed by atoms with E-state index < -0.39 is 5.25 Å². The topological polar surface area (TPSA) is 79.9 Å². The smallest absolute Gasteiger partial charge is 0.242 e. The van der Waals surface area contributed by atoms with E-state index in [1.807, 2.05) is 92.7 Å². The Hall–Kier alpha value is -3.58. The molecule has 6 nitrogen and oxygen atoms in total. The molecule has 1 amide bonds. The van der Waals surface area contributed by atoms with Gasteiger partial charge in [-0.05, 0) is 43.2 Å². The molecule has 0 bridgehead atoms. The number of aromatic amines is 1. The molecule has 0 saturated carbocycles. The fourth-order valence-electron chi connectivity index (χ4n) is 3.11. The van der Waals surface area contributed by atoms with Gasteiger partial charge in [0.1, 0.15) is 17.6 Å². The number of nitrogens with zero attached hydrogens (tertiary/aromatic N) is 2. The number of para-hydroxylation sites is 1. The Morgan fingerprint density at radius 3 is 2.47 bits per heavy atom. The first-order valence-electron chi connectivity index (χ1n) is 10.3. The first kappa shape index (κ1) is 21.6. The molecule has 1 heterocycles. The molecule has 0 saturated heterocycles. The second-order valence-corrected chi connectivity index (χ2v) is 8.45. The van der Waals surface area contributed by atoms with Crippen molar-refractivity contribution < 1.29 is 9.53 Å². The molecule has 0 unspecified atom stereocenters. The predicted molar refractivity (Wildman–Crippen MR) is 127 cm³/mol. The number of anilines is 1. The molecule has 0 aliphatic carbocycles. The van der Waals surface area contributed by atoms with Crippen LogP contribution in [-0.2, 0) is 11.4 Å². The molecule has 2 N–H and O–H groups in total. The lowest BCUT2D eigenvalue weighted by Crippen LogP contribution is -2.19. The highest BCUT2D eigenvalue weighted by Crippen LogP contribution is 2.34. The molecule has 0 radical (unpaired) electrons. The van der Waals surface area contributed by atoms with Crippen LogP contribution < -0.4 is 10.1 Å². The lowest BCUT2D eigenvalue weighted by molar-refractivity contribution is -0.115. The molecular weight excluding hydrogens is 420 g/mol. The van der Waals surface area contributed by atoms with Crippen LogP contribution in [-0.4, -0.2) is 21.1 Å². The van der Waals surface area contributed by atoms with E-state index in [2.05, 4.69) is 20.5 Å². The fourth-order valence-corrected chi connectivity index (χ4v) is 4.04.